The number of non-ortho nitro benzene ring substituents is 1. The zero-order chi connectivity index (χ0) is 19.1. The van der Waals surface area contributed by atoms with Gasteiger partial charge in [-0.2, -0.15) is 0 Å². The van der Waals surface area contributed by atoms with Gasteiger partial charge in [-0.15, -0.1) is 0 Å². The predicted octanol–water partition coefficient (Wildman–Crippen LogP) is 3.99. The van der Waals surface area contributed by atoms with Crippen LogP contribution in [0, 0.1) is 15.9 Å². The number of amides is 1. The molecule has 0 aromatic heterocycles. The molecule has 0 radical (unpaired) electrons. The Morgan fingerprint density at radius 3 is 2.65 bits per heavy atom. The largest absolute Gasteiger partial charge is 0.385 e. The van der Waals surface area contributed by atoms with Gasteiger partial charge in [0.05, 0.1) is 10.5 Å². The van der Waals surface area contributed by atoms with Gasteiger partial charge in [-0.25, -0.2) is 4.39 Å². The fourth-order valence-electron chi connectivity index (χ4n) is 2.29. The number of hydrogen-bond donors (Lipinski definition) is 0. The third-order valence-corrected chi connectivity index (χ3v) is 4.78. The fourth-order valence-corrected chi connectivity index (χ4v) is 3.23. The molecule has 0 N–H and O–H groups in total. The van der Waals surface area contributed by atoms with Crippen molar-refractivity contribution < 1.29 is 18.8 Å². The first kappa shape index (κ1) is 19.9. The van der Waals surface area contributed by atoms with Crippen LogP contribution in [0.4, 0.5) is 10.1 Å². The van der Waals surface area contributed by atoms with Gasteiger partial charge in [-0.1, -0.05) is 23.9 Å². The minimum atomic E-state index is -0.556. The van der Waals surface area contributed by atoms with E-state index in [9.17, 15) is 19.3 Å². The number of methoxy groups -OCH3 is 1. The smallest absolute Gasteiger partial charge is 0.270 e. The van der Waals surface area contributed by atoms with E-state index >= 15 is 0 Å². The molecule has 0 aliphatic rings. The van der Waals surface area contributed by atoms with Crippen LogP contribution in [-0.2, 0) is 4.74 Å². The van der Waals surface area contributed by atoms with E-state index in [4.69, 9.17) is 4.74 Å². The zero-order valence-electron chi connectivity index (χ0n) is 14.5. The highest BCUT2D eigenvalue weighted by Crippen LogP contribution is 2.34. The first-order valence-electron chi connectivity index (χ1n) is 7.89. The molecule has 0 saturated heterocycles. The van der Waals surface area contributed by atoms with Crippen molar-refractivity contribution in [2.24, 2.45) is 0 Å². The molecule has 0 spiro atoms. The van der Waals surface area contributed by atoms with E-state index in [1.807, 2.05) is 0 Å². The average Bonchev–Trinajstić information content (AvgIpc) is 2.63. The third-order valence-electron chi connectivity index (χ3n) is 3.65. The summed E-state index contributed by atoms with van der Waals surface area (Å²) < 4.78 is 18.9. The fraction of sp³-hybridized carbons (Fsp3) is 0.278. The number of carbonyl (C=O) groups is 1. The molecule has 0 unspecified atom stereocenters. The summed E-state index contributed by atoms with van der Waals surface area (Å²) in [5, 5.41) is 11.1. The van der Waals surface area contributed by atoms with Gasteiger partial charge in [0, 0.05) is 49.2 Å². The van der Waals surface area contributed by atoms with Crippen LogP contribution in [0.3, 0.4) is 0 Å². The number of nitro groups is 1. The maximum Gasteiger partial charge on any atom is 0.270 e. The molecule has 2 aromatic carbocycles. The van der Waals surface area contributed by atoms with Gasteiger partial charge in [0.15, 0.2) is 0 Å². The van der Waals surface area contributed by atoms with Crippen molar-refractivity contribution in [3.8, 4) is 0 Å². The molecule has 138 valence electrons. The molecule has 0 atom stereocenters. The van der Waals surface area contributed by atoms with Gasteiger partial charge < -0.3 is 9.64 Å². The molecule has 0 heterocycles. The molecule has 1 amide bonds. The Bertz CT molecular complexity index is 801. The predicted molar refractivity (Wildman–Crippen MR) is 97.1 cm³/mol. The van der Waals surface area contributed by atoms with Crippen LogP contribution >= 0.6 is 11.8 Å². The Labute approximate surface area is 155 Å². The van der Waals surface area contributed by atoms with E-state index in [0.717, 1.165) is 11.8 Å². The summed E-state index contributed by atoms with van der Waals surface area (Å²) in [5.74, 6) is -0.772. The molecule has 0 bridgehead atoms. The minimum absolute atomic E-state index is 0.173. The molecule has 0 saturated carbocycles. The summed E-state index contributed by atoms with van der Waals surface area (Å²) in [5.41, 5.74) is -0.0103. The summed E-state index contributed by atoms with van der Waals surface area (Å²) in [6.07, 6.45) is 0.642. The highest BCUT2D eigenvalue weighted by atomic mass is 32.2. The monoisotopic (exact) mass is 378 g/mol. The van der Waals surface area contributed by atoms with Gasteiger partial charge in [0.1, 0.15) is 5.82 Å². The van der Waals surface area contributed by atoms with Crippen molar-refractivity contribution in [1.82, 2.24) is 4.90 Å². The molecule has 8 heteroatoms. The quantitative estimate of drug-likeness (QED) is 0.394. The molecule has 2 aromatic rings. The third kappa shape index (κ3) is 5.03. The van der Waals surface area contributed by atoms with Crippen LogP contribution in [0.5, 0.6) is 0 Å². The number of nitrogens with zero attached hydrogens (tertiary/aromatic N) is 2. The van der Waals surface area contributed by atoms with Crippen molar-refractivity contribution in [3.63, 3.8) is 0 Å². The van der Waals surface area contributed by atoms with E-state index in [1.165, 1.54) is 29.2 Å². The Balaban J connectivity index is 2.34. The number of benzene rings is 2. The number of halogens is 1. The Hall–Kier alpha value is -2.45. The topological polar surface area (TPSA) is 72.7 Å². The van der Waals surface area contributed by atoms with Crippen LogP contribution in [0.1, 0.15) is 16.8 Å². The van der Waals surface area contributed by atoms with Crippen molar-refractivity contribution in [1.29, 1.82) is 0 Å². The van der Waals surface area contributed by atoms with E-state index in [0.29, 0.717) is 29.4 Å². The molecule has 6 nitrogen and oxygen atoms in total. The number of ether oxygens (including phenoxy) is 1. The number of hydrogen-bond acceptors (Lipinski definition) is 5. The molecular weight excluding hydrogens is 359 g/mol. The highest BCUT2D eigenvalue weighted by molar-refractivity contribution is 7.99. The average molecular weight is 378 g/mol. The standard InChI is InChI=1S/C18H19FN2O4S/c1-20(10-5-11-25-2)18(22)14-12-13(21(23)24)8-9-16(14)26-17-7-4-3-6-15(17)19/h3-4,6-9,12H,5,10-11H2,1-2H3. The summed E-state index contributed by atoms with van der Waals surface area (Å²) in [6.45, 7) is 0.947. The highest BCUT2D eigenvalue weighted by Gasteiger charge is 2.21. The number of rotatable bonds is 8. The SMILES string of the molecule is COCCCN(C)C(=O)c1cc([N+](=O)[O-])ccc1Sc1ccccc1F. The van der Waals surface area contributed by atoms with Gasteiger partial charge >= 0.3 is 0 Å². The van der Waals surface area contributed by atoms with E-state index in [-0.39, 0.29) is 17.2 Å². The maximum atomic E-state index is 13.9. The first-order valence-corrected chi connectivity index (χ1v) is 8.71. The van der Waals surface area contributed by atoms with Crippen molar-refractivity contribution in [2.75, 3.05) is 27.3 Å². The van der Waals surface area contributed by atoms with Crippen LogP contribution < -0.4 is 0 Å². The minimum Gasteiger partial charge on any atom is -0.385 e. The van der Waals surface area contributed by atoms with Gasteiger partial charge in [-0.3, -0.25) is 14.9 Å². The Morgan fingerprint density at radius 1 is 1.27 bits per heavy atom. The normalized spacial score (nSPS) is 10.6. The molecule has 26 heavy (non-hydrogen) atoms. The van der Waals surface area contributed by atoms with Gasteiger partial charge in [-0.05, 0) is 24.6 Å². The van der Waals surface area contributed by atoms with Crippen LogP contribution in [0.15, 0.2) is 52.3 Å². The van der Waals surface area contributed by atoms with Crippen molar-refractivity contribution in [2.45, 2.75) is 16.2 Å². The van der Waals surface area contributed by atoms with E-state index in [2.05, 4.69) is 0 Å². The van der Waals surface area contributed by atoms with Gasteiger partial charge in [0.2, 0.25) is 0 Å². The second kappa shape index (κ2) is 9.30. The van der Waals surface area contributed by atoms with Crippen molar-refractivity contribution in [3.05, 3.63) is 64.0 Å². The Kier molecular flexibility index (Phi) is 7.11. The van der Waals surface area contributed by atoms with Crippen LogP contribution in [0.2, 0.25) is 0 Å². The molecule has 0 aliphatic heterocycles. The second-order valence-corrected chi connectivity index (χ2v) is 6.63. The molecule has 0 aliphatic carbocycles. The van der Waals surface area contributed by atoms with Crippen LogP contribution in [0.25, 0.3) is 0 Å². The van der Waals surface area contributed by atoms with Crippen molar-refractivity contribution >= 4 is 23.4 Å². The van der Waals surface area contributed by atoms with Crippen LogP contribution in [-0.4, -0.2) is 43.0 Å². The number of nitro benzene ring substituents is 1. The summed E-state index contributed by atoms with van der Waals surface area (Å²) in [4.78, 5) is 25.6. The Morgan fingerprint density at radius 2 is 2.00 bits per heavy atom. The van der Waals surface area contributed by atoms with Gasteiger partial charge in [0.25, 0.3) is 11.6 Å². The molecule has 0 fully saturated rings. The maximum absolute atomic E-state index is 13.9. The lowest BCUT2D eigenvalue weighted by atomic mass is 10.1. The molecular formula is C18H19FN2O4S. The zero-order valence-corrected chi connectivity index (χ0v) is 15.3. The summed E-state index contributed by atoms with van der Waals surface area (Å²) >= 11 is 1.07. The lowest BCUT2D eigenvalue weighted by molar-refractivity contribution is -0.384. The van der Waals surface area contributed by atoms with E-state index < -0.39 is 10.7 Å². The lowest BCUT2D eigenvalue weighted by Crippen LogP contribution is -2.28. The molecule has 2 rings (SSSR count). The summed E-state index contributed by atoms with van der Waals surface area (Å²) in [7, 11) is 3.19. The van der Waals surface area contributed by atoms with E-state index in [1.54, 1.807) is 32.4 Å². The first-order chi connectivity index (χ1) is 12.4. The number of carbonyl (C=O) groups excluding carboxylic acids is 1. The summed E-state index contributed by atoms with van der Waals surface area (Å²) in [6, 6.07) is 10.2. The lowest BCUT2D eigenvalue weighted by Gasteiger charge is -2.18. The second-order valence-electron chi connectivity index (χ2n) is 5.54.